The Morgan fingerprint density at radius 3 is 0.789 bits per heavy atom. The molecular weight excluding hydrogens is 1150 g/mol. The lowest BCUT2D eigenvalue weighted by atomic mass is 9.80. The predicted octanol–water partition coefficient (Wildman–Crippen LogP) is 25.7. The fourth-order valence-corrected chi connectivity index (χ4v) is 17.4. The Kier molecular flexibility index (Phi) is 12.6. The van der Waals surface area contributed by atoms with Crippen molar-refractivity contribution in [2.75, 3.05) is 40.9 Å². The van der Waals surface area contributed by atoms with Crippen LogP contribution in [0.3, 0.4) is 0 Å². The molecule has 0 heterocycles. The molecule has 0 radical (unpaired) electrons. The summed E-state index contributed by atoms with van der Waals surface area (Å²) >= 11 is 0. The number of benzene rings is 17. The van der Waals surface area contributed by atoms with Crippen LogP contribution in [-0.2, 0) is 0 Å². The van der Waals surface area contributed by atoms with Crippen molar-refractivity contribution in [2.24, 2.45) is 0 Å². The molecule has 0 saturated carbocycles. The summed E-state index contributed by atoms with van der Waals surface area (Å²) in [6.45, 7) is 14.0. The number of rotatable bonds is 16. The summed E-state index contributed by atoms with van der Waals surface area (Å²) < 4.78 is 0. The number of anilines is 4. The van der Waals surface area contributed by atoms with Gasteiger partial charge in [0, 0.05) is 48.4 Å². The van der Waals surface area contributed by atoms with Gasteiger partial charge in [-0.25, -0.2) is 0 Å². The van der Waals surface area contributed by atoms with Gasteiger partial charge in [-0.15, -0.1) is 0 Å². The number of fused-ring (bicyclic) bond motifs is 15. The molecule has 4 N–H and O–H groups in total. The largest absolute Gasteiger partial charge is 0.385 e. The van der Waals surface area contributed by atoms with Crippen molar-refractivity contribution in [2.45, 2.75) is 66.3 Å². The second-order valence-corrected chi connectivity index (χ2v) is 27.0. The van der Waals surface area contributed by atoms with Gasteiger partial charge in [0.1, 0.15) is 0 Å². The van der Waals surface area contributed by atoms with E-state index >= 15 is 0 Å². The molecular formula is C91H72N4. The molecule has 2 aliphatic carbocycles. The van der Waals surface area contributed by atoms with Gasteiger partial charge in [0.2, 0.25) is 0 Å². The third-order valence-corrected chi connectivity index (χ3v) is 21.6. The molecule has 2 aliphatic rings. The van der Waals surface area contributed by atoms with E-state index in [1.54, 1.807) is 0 Å². The molecule has 0 spiro atoms. The minimum atomic E-state index is 0.381. The van der Waals surface area contributed by atoms with Crippen molar-refractivity contribution in [1.82, 2.24) is 0 Å². The maximum atomic E-state index is 3.75. The van der Waals surface area contributed by atoms with E-state index in [1.165, 1.54) is 197 Å². The number of hydrogen-bond acceptors (Lipinski definition) is 4. The Morgan fingerprint density at radius 2 is 0.484 bits per heavy atom. The quantitative estimate of drug-likeness (QED) is 0.0575. The summed E-state index contributed by atoms with van der Waals surface area (Å²) in [7, 11) is 0. The van der Waals surface area contributed by atoms with E-state index in [2.05, 4.69) is 286 Å². The minimum Gasteiger partial charge on any atom is -0.385 e. The van der Waals surface area contributed by atoms with E-state index in [4.69, 9.17) is 0 Å². The minimum absolute atomic E-state index is 0.381. The van der Waals surface area contributed by atoms with Gasteiger partial charge in [-0.1, -0.05) is 210 Å². The highest BCUT2D eigenvalue weighted by Crippen LogP contribution is 2.63. The molecule has 17 aromatic carbocycles. The van der Waals surface area contributed by atoms with E-state index in [-0.39, 0.29) is 0 Å². The van der Waals surface area contributed by atoms with Crippen molar-refractivity contribution in [3.05, 3.63) is 231 Å². The summed E-state index contributed by atoms with van der Waals surface area (Å²) in [5.41, 5.74) is 25.2. The van der Waals surface area contributed by atoms with Crippen molar-refractivity contribution in [3.63, 3.8) is 0 Å². The Balaban J connectivity index is 0.884. The monoisotopic (exact) mass is 1220 g/mol. The third-order valence-electron chi connectivity index (χ3n) is 21.6. The molecule has 4 heteroatoms. The zero-order valence-corrected chi connectivity index (χ0v) is 54.5. The Bertz CT molecular complexity index is 5910. The molecule has 1 unspecified atom stereocenters. The SMILES string of the molecule is CCCNc1ccc(-c2c3c(c(-c4ccc(NCCC)cc4)c4ccccc24)-c2ccc4c5c2c-3ccc5c2ccc3c5ccc6c7c(ccc(c75)c5c7ccccc7c4c2c35)-c2c-6c(-c3ccc(NCCC)cc3)c3ccccc3c2-c2ccc(NC(C)CC)cc2)cc1. The van der Waals surface area contributed by atoms with Crippen LogP contribution in [0.25, 0.3) is 197 Å². The second-order valence-electron chi connectivity index (χ2n) is 27.0. The fourth-order valence-electron chi connectivity index (χ4n) is 17.4. The fraction of sp³-hybridized carbons (Fsp3) is 0.143. The Morgan fingerprint density at radius 1 is 0.232 bits per heavy atom. The van der Waals surface area contributed by atoms with Crippen LogP contribution >= 0.6 is 0 Å². The molecule has 456 valence electrons. The summed E-state index contributed by atoms with van der Waals surface area (Å²) in [5.74, 6) is 0. The first kappa shape index (κ1) is 55.7. The molecule has 4 nitrogen and oxygen atoms in total. The van der Waals surface area contributed by atoms with Gasteiger partial charge in [-0.05, 0) is 278 Å². The van der Waals surface area contributed by atoms with Gasteiger partial charge in [0.05, 0.1) is 0 Å². The first-order valence-corrected chi connectivity index (χ1v) is 34.7. The van der Waals surface area contributed by atoms with Crippen LogP contribution in [-0.4, -0.2) is 25.7 Å². The summed E-state index contributed by atoms with van der Waals surface area (Å²) in [5, 5.41) is 41.0. The molecule has 19 rings (SSSR count). The predicted molar refractivity (Wildman–Crippen MR) is 414 cm³/mol. The molecule has 0 bridgehead atoms. The van der Waals surface area contributed by atoms with Gasteiger partial charge in [-0.2, -0.15) is 0 Å². The van der Waals surface area contributed by atoms with Gasteiger partial charge < -0.3 is 21.3 Å². The van der Waals surface area contributed by atoms with Crippen LogP contribution in [0.1, 0.15) is 60.3 Å². The average molecular weight is 1220 g/mol. The summed E-state index contributed by atoms with van der Waals surface area (Å²) in [6.07, 6.45) is 4.28. The summed E-state index contributed by atoms with van der Waals surface area (Å²) in [6, 6.07) is 90.1. The maximum Gasteiger partial charge on any atom is 0.0342 e. The number of hydrogen-bond donors (Lipinski definition) is 4. The van der Waals surface area contributed by atoms with E-state index in [9.17, 15) is 0 Å². The zero-order chi connectivity index (χ0) is 63.3. The molecule has 1 atom stereocenters. The van der Waals surface area contributed by atoms with Crippen molar-refractivity contribution >= 4 is 130 Å². The number of nitrogens with one attached hydrogen (secondary N) is 4. The highest BCUT2D eigenvalue weighted by atomic mass is 14.9. The third kappa shape index (κ3) is 8.01. The molecule has 0 fully saturated rings. The highest BCUT2D eigenvalue weighted by molar-refractivity contribution is 6.51. The molecule has 0 amide bonds. The van der Waals surface area contributed by atoms with Crippen LogP contribution < -0.4 is 21.3 Å². The van der Waals surface area contributed by atoms with Crippen LogP contribution in [0.4, 0.5) is 22.7 Å². The smallest absolute Gasteiger partial charge is 0.0342 e. The van der Waals surface area contributed by atoms with Crippen molar-refractivity contribution in [1.29, 1.82) is 0 Å². The molecule has 95 heavy (non-hydrogen) atoms. The lowest BCUT2D eigenvalue weighted by Gasteiger charge is -2.22. The standard InChI is InChI=1S/C91H72N4/c1-6-48-92-56-30-22-52(23-31-56)76-60-16-10-11-17-61(60)78(54-26-34-58(35-27-54)94-50-8-3)90-74-46-44-70-80-66(40-42-72(84(74)80)88(76)90)68-38-39-69-67-41-43-73-85-75(47-45-71(81(67)85)83-65-21-15-14-20-64(65)82(70)86(68)87(69)83)91-79(55-28-36-59(37-29-55)95-51(5)9-4)63-19-13-12-18-62(63)77(89(73)91)53-24-32-57(33-25-53)93-49-7-2/h10-47,51,92-95H,6-9,48-50H2,1-5H3. The van der Waals surface area contributed by atoms with E-state index in [0.717, 1.165) is 68.1 Å². The van der Waals surface area contributed by atoms with Crippen LogP contribution in [0, 0.1) is 0 Å². The maximum absolute atomic E-state index is 3.75. The van der Waals surface area contributed by atoms with E-state index in [0.29, 0.717) is 6.04 Å². The molecule has 0 aliphatic heterocycles. The Hall–Kier alpha value is -10.9. The molecule has 0 saturated heterocycles. The van der Waals surface area contributed by atoms with Crippen LogP contribution in [0.5, 0.6) is 0 Å². The van der Waals surface area contributed by atoms with Gasteiger partial charge in [0.25, 0.3) is 0 Å². The molecule has 17 aromatic rings. The van der Waals surface area contributed by atoms with Crippen LogP contribution in [0.2, 0.25) is 0 Å². The topological polar surface area (TPSA) is 48.1 Å². The van der Waals surface area contributed by atoms with E-state index < -0.39 is 0 Å². The first-order valence-electron chi connectivity index (χ1n) is 34.7. The van der Waals surface area contributed by atoms with Crippen molar-refractivity contribution < 1.29 is 0 Å². The van der Waals surface area contributed by atoms with Gasteiger partial charge >= 0.3 is 0 Å². The lowest BCUT2D eigenvalue weighted by molar-refractivity contribution is 0.764. The molecule has 0 aromatic heterocycles. The lowest BCUT2D eigenvalue weighted by Crippen LogP contribution is -2.12. The normalized spacial score (nSPS) is 12.7. The first-order chi connectivity index (χ1) is 46.9. The average Bonchev–Trinajstić information content (AvgIpc) is 1.65. The van der Waals surface area contributed by atoms with E-state index in [1.807, 2.05) is 0 Å². The van der Waals surface area contributed by atoms with Gasteiger partial charge in [0.15, 0.2) is 0 Å². The second kappa shape index (κ2) is 21.6. The van der Waals surface area contributed by atoms with Crippen molar-refractivity contribution in [3.8, 4) is 89.0 Å². The summed E-state index contributed by atoms with van der Waals surface area (Å²) in [4.78, 5) is 0. The zero-order valence-electron chi connectivity index (χ0n) is 54.5. The van der Waals surface area contributed by atoms with Crippen LogP contribution in [0.15, 0.2) is 231 Å². The van der Waals surface area contributed by atoms with Gasteiger partial charge in [-0.3, -0.25) is 0 Å². The highest BCUT2D eigenvalue weighted by Gasteiger charge is 2.36. The Labute approximate surface area is 553 Å².